The van der Waals surface area contributed by atoms with Gasteiger partial charge in [-0.15, -0.1) is 0 Å². The Morgan fingerprint density at radius 3 is 2.21 bits per heavy atom. The number of nitrogens with zero attached hydrogens (tertiary/aromatic N) is 1. The van der Waals surface area contributed by atoms with E-state index < -0.39 is 15.8 Å². The maximum atomic E-state index is 13.8. The minimum atomic E-state index is -3.76. The molecule has 3 nitrogen and oxygen atoms in total. The van der Waals surface area contributed by atoms with Gasteiger partial charge in [-0.2, -0.15) is 0 Å². The smallest absolute Gasteiger partial charge is 0.241 e. The van der Waals surface area contributed by atoms with Gasteiger partial charge in [-0.25, -0.2) is 16.8 Å². The van der Waals surface area contributed by atoms with Crippen LogP contribution in [-0.2, 0) is 10.0 Å². The summed E-state index contributed by atoms with van der Waals surface area (Å²) >= 11 is 3.13. The molecule has 2 aromatic carbocycles. The summed E-state index contributed by atoms with van der Waals surface area (Å²) in [4.78, 5) is 0.179. The highest BCUT2D eigenvalue weighted by Crippen LogP contribution is 2.30. The van der Waals surface area contributed by atoms with Crippen molar-refractivity contribution in [3.05, 3.63) is 64.0 Å². The highest BCUT2D eigenvalue weighted by Gasteiger charge is 2.21. The molecule has 0 aliphatic rings. The Hall–Kier alpha value is -1.66. The summed E-state index contributed by atoms with van der Waals surface area (Å²) in [6, 6.07) is 9.42. The first-order chi connectivity index (χ1) is 11.3. The number of aryl methyl sites for hydroxylation is 2. The van der Waals surface area contributed by atoms with Crippen LogP contribution < -0.4 is 0 Å². The molecule has 0 saturated carbocycles. The molecule has 0 atom stereocenters. The molecule has 0 N–H and O–H groups in total. The van der Waals surface area contributed by atoms with Crippen LogP contribution in [0.3, 0.4) is 0 Å². The van der Waals surface area contributed by atoms with Crippen molar-refractivity contribution in [2.75, 3.05) is 0 Å². The van der Waals surface area contributed by atoms with Crippen molar-refractivity contribution >= 4 is 36.9 Å². The molecule has 0 saturated heterocycles. The number of hydrogen-bond donors (Lipinski definition) is 0. The van der Waals surface area contributed by atoms with Gasteiger partial charge in [0.25, 0.3) is 10.0 Å². The fraction of sp³-hybridized carbons (Fsp3) is 0.222. The van der Waals surface area contributed by atoms with E-state index in [1.807, 2.05) is 20.8 Å². The van der Waals surface area contributed by atoms with Gasteiger partial charge < -0.3 is 0 Å². The van der Waals surface area contributed by atoms with Crippen molar-refractivity contribution in [2.45, 2.75) is 32.6 Å². The summed E-state index contributed by atoms with van der Waals surface area (Å²) < 4.78 is 40.9. The Labute approximate surface area is 150 Å². The van der Waals surface area contributed by atoms with Gasteiger partial charge in [0.1, 0.15) is 5.82 Å². The molecule has 1 aromatic heterocycles. The van der Waals surface area contributed by atoms with Crippen LogP contribution in [0.2, 0.25) is 0 Å². The second kappa shape index (κ2) is 7.07. The zero-order chi connectivity index (χ0) is 18.1. The first-order valence-electron chi connectivity index (χ1n) is 7.59. The maximum absolute atomic E-state index is 13.8. The van der Waals surface area contributed by atoms with Crippen LogP contribution in [0.15, 0.2) is 52.0 Å². The van der Waals surface area contributed by atoms with E-state index in [0.29, 0.717) is 15.4 Å². The van der Waals surface area contributed by atoms with E-state index in [1.165, 1.54) is 12.3 Å². The van der Waals surface area contributed by atoms with Gasteiger partial charge in [0.05, 0.1) is 14.9 Å². The Morgan fingerprint density at radius 1 is 1.04 bits per heavy atom. The summed E-state index contributed by atoms with van der Waals surface area (Å²) in [7, 11) is -3.76. The molecule has 0 radical (unpaired) electrons. The Bertz CT molecular complexity index is 976. The lowest BCUT2D eigenvalue weighted by atomic mass is 10.2. The molecule has 128 valence electrons. The summed E-state index contributed by atoms with van der Waals surface area (Å²) in [5.74, 6) is -0.494. The Morgan fingerprint density at radius 2 is 1.62 bits per heavy atom. The monoisotopic (exact) mass is 411 g/mol. The van der Waals surface area contributed by atoms with Gasteiger partial charge in [0, 0.05) is 17.6 Å². The third kappa shape index (κ3) is 3.26. The molecule has 0 unspecified atom stereocenters. The molecule has 0 amide bonds. The van der Waals surface area contributed by atoms with Crippen molar-refractivity contribution in [2.24, 2.45) is 0 Å². The summed E-state index contributed by atoms with van der Waals surface area (Å²) in [5, 5.41) is 0.698. The van der Waals surface area contributed by atoms with Crippen LogP contribution in [0.1, 0.15) is 25.0 Å². The molecule has 3 rings (SSSR count). The third-order valence-corrected chi connectivity index (χ3v) is 5.89. The zero-order valence-electron chi connectivity index (χ0n) is 14.0. The van der Waals surface area contributed by atoms with Crippen LogP contribution in [0.4, 0.5) is 4.39 Å². The van der Waals surface area contributed by atoms with E-state index in [-0.39, 0.29) is 4.90 Å². The van der Waals surface area contributed by atoms with Gasteiger partial charge >= 0.3 is 0 Å². The second-order valence-electron chi connectivity index (χ2n) is 5.21. The second-order valence-corrected chi connectivity index (χ2v) is 7.88. The number of halogens is 2. The van der Waals surface area contributed by atoms with Gasteiger partial charge in [-0.05, 0) is 53.5 Å². The Balaban J connectivity index is 0.00000100. The van der Waals surface area contributed by atoms with Crippen molar-refractivity contribution in [3.63, 3.8) is 0 Å². The molecule has 0 fully saturated rings. The van der Waals surface area contributed by atoms with Gasteiger partial charge in [-0.1, -0.05) is 31.5 Å². The maximum Gasteiger partial charge on any atom is 0.268 e. The van der Waals surface area contributed by atoms with E-state index >= 15 is 0 Å². The van der Waals surface area contributed by atoms with Crippen LogP contribution >= 0.6 is 15.9 Å². The largest absolute Gasteiger partial charge is 0.268 e. The number of rotatable bonds is 2. The molecule has 1 heterocycles. The fourth-order valence-corrected chi connectivity index (χ4v) is 4.13. The lowest BCUT2D eigenvalue weighted by Gasteiger charge is -2.08. The van der Waals surface area contributed by atoms with Crippen molar-refractivity contribution in [1.82, 2.24) is 3.97 Å². The minimum absolute atomic E-state index is 0.179. The van der Waals surface area contributed by atoms with Crippen molar-refractivity contribution < 1.29 is 12.8 Å². The first-order valence-corrected chi connectivity index (χ1v) is 9.83. The minimum Gasteiger partial charge on any atom is -0.241 e. The van der Waals surface area contributed by atoms with Crippen LogP contribution in [0.5, 0.6) is 0 Å². The van der Waals surface area contributed by atoms with Crippen LogP contribution in [0.25, 0.3) is 10.9 Å². The average molecular weight is 412 g/mol. The summed E-state index contributed by atoms with van der Waals surface area (Å²) in [5.41, 5.74) is 2.08. The predicted octanol–water partition coefficient (Wildman–Crippen LogP) is 5.42. The summed E-state index contributed by atoms with van der Waals surface area (Å²) in [6.45, 7) is 7.69. The number of fused-ring (bicyclic) bond motifs is 1. The van der Waals surface area contributed by atoms with Gasteiger partial charge in [0.15, 0.2) is 0 Å². The van der Waals surface area contributed by atoms with Crippen LogP contribution in [-0.4, -0.2) is 12.4 Å². The predicted molar refractivity (Wildman–Crippen MR) is 99.4 cm³/mol. The quantitative estimate of drug-likeness (QED) is 0.564. The van der Waals surface area contributed by atoms with Crippen molar-refractivity contribution in [3.8, 4) is 0 Å². The lowest BCUT2D eigenvalue weighted by Crippen LogP contribution is -2.11. The fourth-order valence-electron chi connectivity index (χ4n) is 2.37. The molecule has 0 aliphatic carbocycles. The highest BCUT2D eigenvalue weighted by atomic mass is 79.9. The van der Waals surface area contributed by atoms with E-state index in [0.717, 1.165) is 15.1 Å². The molecule has 0 aliphatic heterocycles. The molecular formula is C18H19BrFNO2S. The highest BCUT2D eigenvalue weighted by molar-refractivity contribution is 9.10. The lowest BCUT2D eigenvalue weighted by molar-refractivity contribution is 0.588. The Kier molecular flexibility index (Phi) is 5.50. The van der Waals surface area contributed by atoms with Gasteiger partial charge in [0.2, 0.25) is 0 Å². The average Bonchev–Trinajstić information content (AvgIpc) is 2.87. The van der Waals surface area contributed by atoms with E-state index in [1.54, 1.807) is 37.3 Å². The van der Waals surface area contributed by atoms with Crippen LogP contribution in [0, 0.1) is 19.7 Å². The molecular weight excluding hydrogens is 393 g/mol. The van der Waals surface area contributed by atoms with E-state index in [2.05, 4.69) is 15.9 Å². The molecule has 0 bridgehead atoms. The summed E-state index contributed by atoms with van der Waals surface area (Å²) in [6.07, 6.45) is 1.52. The normalized spacial score (nSPS) is 11.2. The topological polar surface area (TPSA) is 39.1 Å². The molecule has 24 heavy (non-hydrogen) atoms. The molecule has 6 heteroatoms. The number of benzene rings is 2. The SMILES string of the molecule is CC.Cc1ccc(S(=O)(=O)n2cc(C)c3cc(Br)c(F)cc32)cc1. The van der Waals surface area contributed by atoms with E-state index in [4.69, 9.17) is 0 Å². The number of aromatic nitrogens is 1. The van der Waals surface area contributed by atoms with Gasteiger partial charge in [-0.3, -0.25) is 0 Å². The molecule has 0 spiro atoms. The van der Waals surface area contributed by atoms with E-state index in [9.17, 15) is 12.8 Å². The zero-order valence-corrected chi connectivity index (χ0v) is 16.4. The first kappa shape index (κ1) is 18.7. The van der Waals surface area contributed by atoms with Crippen molar-refractivity contribution in [1.29, 1.82) is 0 Å². The number of hydrogen-bond acceptors (Lipinski definition) is 2. The third-order valence-electron chi connectivity index (χ3n) is 3.59. The standard InChI is InChI=1S/C16H13BrFNO2S.C2H6/c1-10-3-5-12(6-4-10)22(20,21)19-9-11(2)13-7-14(17)15(18)8-16(13)19;1-2/h3-9H,1-2H3;1-2H3. The molecule has 3 aromatic rings.